The molecule has 0 saturated heterocycles. The zero-order valence-corrected chi connectivity index (χ0v) is 17.1. The first kappa shape index (κ1) is 20.5. The summed E-state index contributed by atoms with van der Waals surface area (Å²) in [6, 6.07) is 8.69. The summed E-state index contributed by atoms with van der Waals surface area (Å²) in [6.07, 6.45) is 0. The van der Waals surface area contributed by atoms with E-state index in [1.165, 1.54) is 31.2 Å². The molecule has 152 valence electrons. The maximum atomic E-state index is 13.3. The van der Waals surface area contributed by atoms with Crippen LogP contribution in [0.4, 0.5) is 16.0 Å². The highest BCUT2D eigenvalue weighted by molar-refractivity contribution is 7.92. The fourth-order valence-corrected chi connectivity index (χ4v) is 4.34. The number of nitrogens with one attached hydrogen (secondary N) is 2. The number of amides is 1. The third-order valence-electron chi connectivity index (χ3n) is 4.35. The fourth-order valence-electron chi connectivity index (χ4n) is 2.94. The van der Waals surface area contributed by atoms with E-state index in [1.54, 1.807) is 32.9 Å². The van der Waals surface area contributed by atoms with E-state index in [-0.39, 0.29) is 22.4 Å². The van der Waals surface area contributed by atoms with Crippen LogP contribution in [0.1, 0.15) is 23.7 Å². The number of carbonyl (C=O) groups excluding carboxylic acids is 1. The van der Waals surface area contributed by atoms with Crippen LogP contribution in [0.15, 0.2) is 45.8 Å². The highest BCUT2D eigenvalue weighted by Crippen LogP contribution is 2.34. The lowest BCUT2D eigenvalue weighted by Gasteiger charge is -2.14. The van der Waals surface area contributed by atoms with Crippen LogP contribution in [0.25, 0.3) is 11.1 Å². The molecule has 9 heteroatoms. The molecule has 0 spiro atoms. The Morgan fingerprint density at radius 1 is 1.07 bits per heavy atom. The standard InChI is InChI=1S/C20H20FN3O4S/c1-11-5-6-15(19-13(3)23-28-20(19)22-14(4)25)10-18(11)29(26,27)24-17-8-7-16(21)9-12(17)2/h5-10,24H,1-4H3,(H,22,25). The number of carbonyl (C=O) groups is 1. The van der Waals surface area contributed by atoms with Gasteiger partial charge in [0.05, 0.1) is 21.8 Å². The summed E-state index contributed by atoms with van der Waals surface area (Å²) in [7, 11) is -3.95. The number of hydrogen-bond acceptors (Lipinski definition) is 5. The maximum absolute atomic E-state index is 13.3. The first-order valence-electron chi connectivity index (χ1n) is 8.72. The Hall–Kier alpha value is -3.20. The van der Waals surface area contributed by atoms with Crippen molar-refractivity contribution in [2.24, 2.45) is 0 Å². The highest BCUT2D eigenvalue weighted by atomic mass is 32.2. The van der Waals surface area contributed by atoms with E-state index < -0.39 is 15.8 Å². The third kappa shape index (κ3) is 4.29. The van der Waals surface area contributed by atoms with Crippen molar-refractivity contribution in [2.75, 3.05) is 10.0 Å². The van der Waals surface area contributed by atoms with Gasteiger partial charge in [0.15, 0.2) is 0 Å². The van der Waals surface area contributed by atoms with Crippen LogP contribution in [0, 0.1) is 26.6 Å². The molecule has 1 aromatic heterocycles. The predicted molar refractivity (Wildman–Crippen MR) is 108 cm³/mol. The van der Waals surface area contributed by atoms with Crippen molar-refractivity contribution >= 4 is 27.5 Å². The summed E-state index contributed by atoms with van der Waals surface area (Å²) >= 11 is 0. The SMILES string of the molecule is CC(=O)Nc1onc(C)c1-c1ccc(C)c(S(=O)(=O)Nc2ccc(F)cc2C)c1. The van der Waals surface area contributed by atoms with Crippen molar-refractivity contribution in [3.05, 3.63) is 59.0 Å². The lowest BCUT2D eigenvalue weighted by Crippen LogP contribution is -2.15. The summed E-state index contributed by atoms with van der Waals surface area (Å²) in [5.41, 5.74) is 2.80. The Balaban J connectivity index is 2.06. The van der Waals surface area contributed by atoms with Crippen molar-refractivity contribution in [1.29, 1.82) is 0 Å². The maximum Gasteiger partial charge on any atom is 0.262 e. The molecule has 0 radical (unpaired) electrons. The molecule has 1 amide bonds. The second-order valence-electron chi connectivity index (χ2n) is 6.70. The van der Waals surface area contributed by atoms with Gasteiger partial charge >= 0.3 is 0 Å². The monoisotopic (exact) mass is 417 g/mol. The molecule has 0 aliphatic heterocycles. The summed E-state index contributed by atoms with van der Waals surface area (Å²) in [5.74, 6) is -0.641. The zero-order chi connectivity index (χ0) is 21.3. The summed E-state index contributed by atoms with van der Waals surface area (Å²) in [5, 5.41) is 6.41. The number of halogens is 1. The molecule has 0 saturated carbocycles. The zero-order valence-electron chi connectivity index (χ0n) is 16.3. The molecule has 0 bridgehead atoms. The molecule has 3 aromatic rings. The first-order valence-corrected chi connectivity index (χ1v) is 10.2. The largest absolute Gasteiger partial charge is 0.337 e. The fraction of sp³-hybridized carbons (Fsp3) is 0.200. The molecule has 2 N–H and O–H groups in total. The molecule has 0 fully saturated rings. The number of hydrogen-bond donors (Lipinski definition) is 2. The van der Waals surface area contributed by atoms with Gasteiger partial charge in [0.2, 0.25) is 11.8 Å². The molecule has 0 aliphatic rings. The van der Waals surface area contributed by atoms with Gasteiger partial charge in [-0.05, 0) is 61.7 Å². The summed E-state index contributed by atoms with van der Waals surface area (Å²) in [6.45, 7) is 6.31. The van der Waals surface area contributed by atoms with E-state index in [0.717, 1.165) is 0 Å². The summed E-state index contributed by atoms with van der Waals surface area (Å²) in [4.78, 5) is 11.5. The third-order valence-corrected chi connectivity index (χ3v) is 5.86. The van der Waals surface area contributed by atoms with E-state index >= 15 is 0 Å². The van der Waals surface area contributed by atoms with Crippen LogP contribution in [0.2, 0.25) is 0 Å². The minimum Gasteiger partial charge on any atom is -0.337 e. The molecule has 0 aliphatic carbocycles. The van der Waals surface area contributed by atoms with Gasteiger partial charge in [0.1, 0.15) is 5.82 Å². The molecule has 2 aromatic carbocycles. The van der Waals surface area contributed by atoms with Crippen molar-refractivity contribution in [1.82, 2.24) is 5.16 Å². The Labute approximate surface area is 168 Å². The van der Waals surface area contributed by atoms with Gasteiger partial charge in [0.25, 0.3) is 10.0 Å². The van der Waals surface area contributed by atoms with Crippen molar-refractivity contribution in [2.45, 2.75) is 32.6 Å². The van der Waals surface area contributed by atoms with Gasteiger partial charge in [-0.3, -0.25) is 14.8 Å². The number of rotatable bonds is 5. The molecule has 3 rings (SSSR count). The van der Waals surface area contributed by atoms with Gasteiger partial charge in [-0.2, -0.15) is 0 Å². The van der Waals surface area contributed by atoms with E-state index in [9.17, 15) is 17.6 Å². The lowest BCUT2D eigenvalue weighted by atomic mass is 10.0. The minimum absolute atomic E-state index is 0.0492. The van der Waals surface area contributed by atoms with Gasteiger partial charge in [-0.1, -0.05) is 17.3 Å². The molecular formula is C20H20FN3O4S. The van der Waals surface area contributed by atoms with Crippen LogP contribution in [-0.2, 0) is 14.8 Å². The Bertz CT molecular complexity index is 1200. The Morgan fingerprint density at radius 3 is 2.45 bits per heavy atom. The number of aromatic nitrogens is 1. The number of nitrogens with zero attached hydrogens (tertiary/aromatic N) is 1. The Morgan fingerprint density at radius 2 is 1.79 bits per heavy atom. The van der Waals surface area contributed by atoms with Gasteiger partial charge in [-0.15, -0.1) is 0 Å². The van der Waals surface area contributed by atoms with Gasteiger partial charge < -0.3 is 4.52 Å². The van der Waals surface area contributed by atoms with Crippen LogP contribution in [0.5, 0.6) is 0 Å². The average Bonchev–Trinajstić information content (AvgIpc) is 2.97. The van der Waals surface area contributed by atoms with Crippen molar-refractivity contribution in [3.63, 3.8) is 0 Å². The molecular weight excluding hydrogens is 397 g/mol. The second-order valence-corrected chi connectivity index (χ2v) is 8.35. The molecule has 1 heterocycles. The molecule has 0 atom stereocenters. The lowest BCUT2D eigenvalue weighted by molar-refractivity contribution is -0.114. The quantitative estimate of drug-likeness (QED) is 0.649. The number of anilines is 2. The topological polar surface area (TPSA) is 101 Å². The van der Waals surface area contributed by atoms with E-state index in [0.29, 0.717) is 27.9 Å². The molecule has 0 unspecified atom stereocenters. The van der Waals surface area contributed by atoms with Crippen molar-refractivity contribution < 1.29 is 22.1 Å². The average molecular weight is 417 g/mol. The summed E-state index contributed by atoms with van der Waals surface area (Å²) < 4.78 is 47.0. The molecule has 7 nitrogen and oxygen atoms in total. The van der Waals surface area contributed by atoms with E-state index in [2.05, 4.69) is 15.2 Å². The highest BCUT2D eigenvalue weighted by Gasteiger charge is 2.22. The number of aryl methyl sites for hydroxylation is 3. The van der Waals surface area contributed by atoms with Crippen LogP contribution < -0.4 is 10.0 Å². The number of benzene rings is 2. The predicted octanol–water partition coefficient (Wildman–Crippen LogP) is 4.17. The van der Waals surface area contributed by atoms with E-state index in [1.807, 2.05) is 0 Å². The van der Waals surface area contributed by atoms with E-state index in [4.69, 9.17) is 4.52 Å². The van der Waals surface area contributed by atoms with Crippen LogP contribution >= 0.6 is 0 Å². The van der Waals surface area contributed by atoms with Crippen molar-refractivity contribution in [3.8, 4) is 11.1 Å². The van der Waals surface area contributed by atoms with Gasteiger partial charge in [-0.25, -0.2) is 12.8 Å². The minimum atomic E-state index is -3.95. The van der Waals surface area contributed by atoms with Gasteiger partial charge in [0, 0.05) is 6.92 Å². The first-order chi connectivity index (χ1) is 13.6. The number of sulfonamides is 1. The van der Waals surface area contributed by atoms with Crippen LogP contribution in [0.3, 0.4) is 0 Å². The normalized spacial score (nSPS) is 11.3. The second kappa shape index (κ2) is 7.67. The smallest absolute Gasteiger partial charge is 0.262 e. The van der Waals surface area contributed by atoms with Crippen LogP contribution in [-0.4, -0.2) is 19.5 Å². The Kier molecular flexibility index (Phi) is 5.43. The molecule has 29 heavy (non-hydrogen) atoms.